The molecule has 0 saturated carbocycles. The van der Waals surface area contributed by atoms with Gasteiger partial charge >= 0.3 is 0 Å². The lowest BCUT2D eigenvalue weighted by atomic mass is 10.1. The highest BCUT2D eigenvalue weighted by Crippen LogP contribution is 2.31. The van der Waals surface area contributed by atoms with E-state index < -0.39 is 10.1 Å². The van der Waals surface area contributed by atoms with Crippen molar-refractivity contribution in [2.24, 2.45) is 0 Å². The van der Waals surface area contributed by atoms with Crippen LogP contribution < -0.4 is 0 Å². The summed E-state index contributed by atoms with van der Waals surface area (Å²) in [6.45, 7) is 0.618. The van der Waals surface area contributed by atoms with Gasteiger partial charge in [-0.25, -0.2) is 0 Å². The lowest BCUT2D eigenvalue weighted by molar-refractivity contribution is 0.217. The first-order chi connectivity index (χ1) is 7.96. The predicted octanol–water partition coefficient (Wildman–Crippen LogP) is 0.803. The molecule has 5 nitrogen and oxygen atoms in total. The van der Waals surface area contributed by atoms with Crippen molar-refractivity contribution in [3.05, 3.63) is 30.1 Å². The molecule has 1 saturated heterocycles. The van der Waals surface area contributed by atoms with Crippen molar-refractivity contribution in [2.75, 3.05) is 19.8 Å². The summed E-state index contributed by atoms with van der Waals surface area (Å²) in [6, 6.07) is 4.06. The monoisotopic (exact) mass is 256 g/mol. The zero-order valence-corrected chi connectivity index (χ0v) is 10.7. The van der Waals surface area contributed by atoms with Crippen molar-refractivity contribution in [2.45, 2.75) is 18.6 Å². The van der Waals surface area contributed by atoms with Gasteiger partial charge in [0.05, 0.1) is 12.4 Å². The SMILES string of the molecule is CN1C[C@@H](OS(C)(=O)=O)C[C@H]1c1cccnc1. The molecule has 6 heteroatoms. The Balaban J connectivity index is 2.08. The minimum Gasteiger partial charge on any atom is -0.297 e. The minimum absolute atomic E-state index is 0.176. The average Bonchev–Trinajstić information content (AvgIpc) is 2.58. The van der Waals surface area contributed by atoms with E-state index in [1.807, 2.05) is 25.4 Å². The van der Waals surface area contributed by atoms with Crippen LogP contribution in [0, 0.1) is 0 Å². The summed E-state index contributed by atoms with van der Waals surface area (Å²) in [5.41, 5.74) is 1.09. The summed E-state index contributed by atoms with van der Waals surface area (Å²) in [4.78, 5) is 6.17. The van der Waals surface area contributed by atoms with Crippen LogP contribution in [0.3, 0.4) is 0 Å². The van der Waals surface area contributed by atoms with Crippen molar-refractivity contribution in [3.63, 3.8) is 0 Å². The van der Waals surface area contributed by atoms with E-state index in [1.165, 1.54) is 0 Å². The van der Waals surface area contributed by atoms with Gasteiger partial charge in [0.2, 0.25) is 0 Å². The minimum atomic E-state index is -3.38. The first-order valence-electron chi connectivity index (χ1n) is 5.44. The van der Waals surface area contributed by atoms with Crippen molar-refractivity contribution in [1.29, 1.82) is 0 Å². The molecule has 0 bridgehead atoms. The maximum Gasteiger partial charge on any atom is 0.264 e. The molecule has 1 aliphatic heterocycles. The van der Waals surface area contributed by atoms with Gasteiger partial charge in [0.1, 0.15) is 0 Å². The third-order valence-corrected chi connectivity index (χ3v) is 3.51. The van der Waals surface area contributed by atoms with Crippen LogP contribution in [-0.4, -0.2) is 44.3 Å². The second-order valence-electron chi connectivity index (χ2n) is 4.40. The Hall–Kier alpha value is -0.980. The highest BCUT2D eigenvalue weighted by Gasteiger charge is 2.33. The summed E-state index contributed by atoms with van der Waals surface area (Å²) in [6.07, 6.45) is 5.03. The highest BCUT2D eigenvalue weighted by molar-refractivity contribution is 7.86. The fraction of sp³-hybridized carbons (Fsp3) is 0.545. The zero-order valence-electron chi connectivity index (χ0n) is 9.91. The summed E-state index contributed by atoms with van der Waals surface area (Å²) < 4.78 is 27.2. The van der Waals surface area contributed by atoms with Crippen molar-refractivity contribution < 1.29 is 12.6 Å². The fourth-order valence-corrected chi connectivity index (χ4v) is 2.87. The van der Waals surface area contributed by atoms with Gasteiger partial charge in [0, 0.05) is 25.0 Å². The highest BCUT2D eigenvalue weighted by atomic mass is 32.2. The number of likely N-dealkylation sites (tertiary alicyclic amines) is 1. The summed E-state index contributed by atoms with van der Waals surface area (Å²) >= 11 is 0. The standard InChI is InChI=1S/C11H16N2O3S/c1-13-8-10(16-17(2,14)15)6-11(13)9-4-3-5-12-7-9/h3-5,7,10-11H,6,8H2,1-2H3/t10-,11-/m0/s1. The van der Waals surface area contributed by atoms with Crippen LogP contribution in [-0.2, 0) is 14.3 Å². The van der Waals surface area contributed by atoms with E-state index in [1.54, 1.807) is 6.20 Å². The fourth-order valence-electron chi connectivity index (χ4n) is 2.23. The third-order valence-electron chi connectivity index (χ3n) is 2.89. The van der Waals surface area contributed by atoms with Gasteiger partial charge < -0.3 is 0 Å². The maximum atomic E-state index is 11.1. The normalized spacial score (nSPS) is 26.2. The van der Waals surface area contributed by atoms with Gasteiger partial charge in [-0.3, -0.25) is 14.1 Å². The van der Waals surface area contributed by atoms with E-state index in [-0.39, 0.29) is 12.1 Å². The van der Waals surface area contributed by atoms with Gasteiger partial charge in [-0.2, -0.15) is 8.42 Å². The maximum absolute atomic E-state index is 11.1. The van der Waals surface area contributed by atoms with Crippen LogP contribution in [0.1, 0.15) is 18.0 Å². The van der Waals surface area contributed by atoms with E-state index >= 15 is 0 Å². The summed E-state index contributed by atoms with van der Waals surface area (Å²) in [7, 11) is -1.42. The van der Waals surface area contributed by atoms with E-state index in [0.29, 0.717) is 13.0 Å². The Morgan fingerprint density at radius 2 is 2.29 bits per heavy atom. The molecule has 2 heterocycles. The molecule has 0 aliphatic carbocycles. The number of likely N-dealkylation sites (N-methyl/N-ethyl adjacent to an activating group) is 1. The third kappa shape index (κ3) is 3.24. The van der Waals surface area contributed by atoms with Crippen LogP contribution in [0.15, 0.2) is 24.5 Å². The molecule has 0 radical (unpaired) electrons. The molecule has 0 amide bonds. The molecule has 1 aromatic heterocycles. The van der Waals surface area contributed by atoms with E-state index in [9.17, 15) is 8.42 Å². The topological polar surface area (TPSA) is 59.5 Å². The molecule has 1 fully saturated rings. The Labute approximate surface area is 102 Å². The quantitative estimate of drug-likeness (QED) is 0.749. The van der Waals surface area contributed by atoms with Crippen molar-refractivity contribution >= 4 is 10.1 Å². The molecule has 1 aliphatic rings. The van der Waals surface area contributed by atoms with E-state index in [0.717, 1.165) is 11.8 Å². The smallest absolute Gasteiger partial charge is 0.264 e. The molecule has 17 heavy (non-hydrogen) atoms. The van der Waals surface area contributed by atoms with E-state index in [4.69, 9.17) is 4.18 Å². The van der Waals surface area contributed by atoms with Gasteiger partial charge in [0.15, 0.2) is 0 Å². The number of rotatable bonds is 3. The average molecular weight is 256 g/mol. The zero-order chi connectivity index (χ0) is 12.5. The molecule has 1 aromatic rings. The Morgan fingerprint density at radius 3 is 2.88 bits per heavy atom. The molecular formula is C11H16N2O3S. The lowest BCUT2D eigenvalue weighted by Gasteiger charge is -2.18. The van der Waals surface area contributed by atoms with Gasteiger partial charge in [-0.15, -0.1) is 0 Å². The van der Waals surface area contributed by atoms with Crippen LogP contribution in [0.4, 0.5) is 0 Å². The number of nitrogens with zero attached hydrogens (tertiary/aromatic N) is 2. The van der Waals surface area contributed by atoms with Crippen molar-refractivity contribution in [1.82, 2.24) is 9.88 Å². The molecule has 2 rings (SSSR count). The molecule has 0 N–H and O–H groups in total. The Kier molecular flexibility index (Phi) is 3.46. The summed E-state index contributed by atoms with van der Waals surface area (Å²) in [5.74, 6) is 0. The molecule has 0 unspecified atom stereocenters. The molecule has 2 atom stereocenters. The molecule has 0 aromatic carbocycles. The Morgan fingerprint density at radius 1 is 1.53 bits per heavy atom. The number of hydrogen-bond donors (Lipinski definition) is 0. The Bertz CT molecular complexity index is 475. The van der Waals surface area contributed by atoms with Gasteiger partial charge in [-0.05, 0) is 25.1 Å². The van der Waals surface area contributed by atoms with Crippen LogP contribution in [0.2, 0.25) is 0 Å². The second-order valence-corrected chi connectivity index (χ2v) is 6.00. The number of hydrogen-bond acceptors (Lipinski definition) is 5. The predicted molar refractivity (Wildman–Crippen MR) is 63.9 cm³/mol. The molecule has 94 valence electrons. The van der Waals surface area contributed by atoms with E-state index in [2.05, 4.69) is 9.88 Å². The molecule has 0 spiro atoms. The van der Waals surface area contributed by atoms with Crippen LogP contribution in [0.5, 0.6) is 0 Å². The summed E-state index contributed by atoms with van der Waals surface area (Å²) in [5, 5.41) is 0. The first kappa shape index (κ1) is 12.5. The van der Waals surface area contributed by atoms with Crippen LogP contribution in [0.25, 0.3) is 0 Å². The number of pyridine rings is 1. The molecular weight excluding hydrogens is 240 g/mol. The van der Waals surface area contributed by atoms with Gasteiger partial charge in [-0.1, -0.05) is 6.07 Å². The van der Waals surface area contributed by atoms with Gasteiger partial charge in [0.25, 0.3) is 10.1 Å². The lowest BCUT2D eigenvalue weighted by Crippen LogP contribution is -2.22. The largest absolute Gasteiger partial charge is 0.297 e. The number of aromatic nitrogens is 1. The first-order valence-corrected chi connectivity index (χ1v) is 7.26. The van der Waals surface area contributed by atoms with Crippen molar-refractivity contribution in [3.8, 4) is 0 Å². The second kappa shape index (κ2) is 4.72. The van der Waals surface area contributed by atoms with Crippen LogP contribution >= 0.6 is 0 Å².